The zero-order chi connectivity index (χ0) is 18.4. The van der Waals surface area contributed by atoms with Gasteiger partial charge in [-0.1, -0.05) is 12.1 Å². The van der Waals surface area contributed by atoms with Crippen molar-refractivity contribution in [3.63, 3.8) is 0 Å². The highest BCUT2D eigenvalue weighted by molar-refractivity contribution is 5.78. The third kappa shape index (κ3) is 5.96. The predicted molar refractivity (Wildman–Crippen MR) is 97.8 cm³/mol. The molecule has 0 spiro atoms. The molecule has 1 N–H and O–H groups in total. The summed E-state index contributed by atoms with van der Waals surface area (Å²) in [4.78, 5) is 28.2. The van der Waals surface area contributed by atoms with Gasteiger partial charge in [0.1, 0.15) is 5.75 Å². The van der Waals surface area contributed by atoms with Crippen LogP contribution >= 0.6 is 0 Å². The van der Waals surface area contributed by atoms with Crippen LogP contribution in [0.3, 0.4) is 0 Å². The van der Waals surface area contributed by atoms with Crippen molar-refractivity contribution in [2.45, 2.75) is 39.2 Å². The highest BCUT2D eigenvalue weighted by Gasteiger charge is 2.25. The second-order valence-corrected chi connectivity index (χ2v) is 7.40. The summed E-state index contributed by atoms with van der Waals surface area (Å²) in [5.41, 5.74) is 0.844. The largest absolute Gasteiger partial charge is 0.497 e. The van der Waals surface area contributed by atoms with E-state index in [2.05, 4.69) is 5.32 Å². The number of carbonyl (C=O) groups excluding carboxylic acids is 2. The van der Waals surface area contributed by atoms with Gasteiger partial charge in [-0.2, -0.15) is 0 Å². The molecule has 6 heteroatoms. The van der Waals surface area contributed by atoms with Gasteiger partial charge in [0.25, 0.3) is 0 Å². The smallest absolute Gasteiger partial charge is 0.317 e. The first kappa shape index (κ1) is 19.1. The zero-order valence-corrected chi connectivity index (χ0v) is 15.7. The van der Waals surface area contributed by atoms with Gasteiger partial charge in [-0.3, -0.25) is 4.79 Å². The van der Waals surface area contributed by atoms with E-state index in [-0.39, 0.29) is 17.5 Å². The average molecular weight is 347 g/mol. The lowest BCUT2D eigenvalue weighted by Crippen LogP contribution is -2.56. The Morgan fingerprint density at radius 2 is 1.76 bits per heavy atom. The van der Waals surface area contributed by atoms with E-state index in [1.165, 1.54) is 0 Å². The van der Waals surface area contributed by atoms with Gasteiger partial charge in [-0.05, 0) is 44.9 Å². The van der Waals surface area contributed by atoms with Crippen LogP contribution in [0.5, 0.6) is 5.75 Å². The highest BCUT2D eigenvalue weighted by atomic mass is 16.5. The summed E-state index contributed by atoms with van der Waals surface area (Å²) in [6, 6.07) is 7.74. The minimum absolute atomic E-state index is 0.0593. The van der Waals surface area contributed by atoms with E-state index in [4.69, 9.17) is 4.74 Å². The van der Waals surface area contributed by atoms with E-state index in [0.717, 1.165) is 11.3 Å². The van der Waals surface area contributed by atoms with E-state index in [1.54, 1.807) is 12.0 Å². The maximum Gasteiger partial charge on any atom is 0.317 e. The summed E-state index contributed by atoms with van der Waals surface area (Å²) >= 11 is 0. The molecule has 0 unspecified atom stereocenters. The highest BCUT2D eigenvalue weighted by Crippen LogP contribution is 2.15. The van der Waals surface area contributed by atoms with E-state index in [9.17, 15) is 9.59 Å². The first-order valence-corrected chi connectivity index (χ1v) is 8.76. The van der Waals surface area contributed by atoms with Crippen molar-refractivity contribution in [3.8, 4) is 5.75 Å². The van der Waals surface area contributed by atoms with Gasteiger partial charge < -0.3 is 19.9 Å². The number of piperazine rings is 1. The van der Waals surface area contributed by atoms with Crippen molar-refractivity contribution >= 4 is 11.9 Å². The summed E-state index contributed by atoms with van der Waals surface area (Å²) < 4.78 is 5.21. The number of methoxy groups -OCH3 is 1. The van der Waals surface area contributed by atoms with E-state index in [0.29, 0.717) is 39.0 Å². The molecule has 1 fully saturated rings. The molecule has 1 aromatic rings. The predicted octanol–water partition coefficient (Wildman–Crippen LogP) is 2.28. The lowest BCUT2D eigenvalue weighted by molar-refractivity contribution is -0.132. The topological polar surface area (TPSA) is 61.9 Å². The second-order valence-electron chi connectivity index (χ2n) is 7.40. The van der Waals surface area contributed by atoms with Crippen LogP contribution in [0.25, 0.3) is 0 Å². The van der Waals surface area contributed by atoms with Gasteiger partial charge in [-0.25, -0.2) is 4.79 Å². The van der Waals surface area contributed by atoms with E-state index >= 15 is 0 Å². The summed E-state index contributed by atoms with van der Waals surface area (Å²) in [6.45, 7) is 8.22. The summed E-state index contributed by atoms with van der Waals surface area (Å²) in [5.74, 6) is 0.946. The Kier molecular flexibility index (Phi) is 6.28. The number of amides is 3. The zero-order valence-electron chi connectivity index (χ0n) is 15.7. The molecule has 6 nitrogen and oxygen atoms in total. The minimum Gasteiger partial charge on any atom is -0.497 e. The minimum atomic E-state index is -0.249. The maximum atomic E-state index is 12.4. The van der Waals surface area contributed by atoms with Crippen LogP contribution in [0.4, 0.5) is 4.79 Å². The molecule has 1 aliphatic heterocycles. The van der Waals surface area contributed by atoms with E-state index < -0.39 is 0 Å². The number of nitrogens with zero attached hydrogens (tertiary/aromatic N) is 2. The molecule has 3 amide bonds. The van der Waals surface area contributed by atoms with Crippen LogP contribution in [0.2, 0.25) is 0 Å². The SMILES string of the molecule is COc1cccc(CCC(=O)N2CCN(C(=O)NC(C)(C)C)CC2)c1. The van der Waals surface area contributed by atoms with Crippen LogP contribution in [0.15, 0.2) is 24.3 Å². The molecule has 0 aromatic heterocycles. The number of carbonyl (C=O) groups is 2. The Hall–Kier alpha value is -2.24. The molecular formula is C19H29N3O3. The molecule has 1 aromatic carbocycles. The molecule has 0 bridgehead atoms. The average Bonchev–Trinajstić information content (AvgIpc) is 2.58. The number of rotatable bonds is 4. The summed E-state index contributed by atoms with van der Waals surface area (Å²) in [7, 11) is 1.64. The molecule has 1 saturated heterocycles. The molecule has 25 heavy (non-hydrogen) atoms. The quantitative estimate of drug-likeness (QED) is 0.909. The van der Waals surface area contributed by atoms with Gasteiger partial charge in [-0.15, -0.1) is 0 Å². The molecule has 1 aliphatic rings. The first-order valence-electron chi connectivity index (χ1n) is 8.76. The third-order valence-electron chi connectivity index (χ3n) is 4.16. The number of aryl methyl sites for hydroxylation is 1. The molecule has 0 atom stereocenters. The third-order valence-corrected chi connectivity index (χ3v) is 4.16. The molecule has 1 heterocycles. The van der Waals surface area contributed by atoms with Crippen molar-refractivity contribution < 1.29 is 14.3 Å². The fourth-order valence-electron chi connectivity index (χ4n) is 2.80. The van der Waals surface area contributed by atoms with E-state index in [1.807, 2.05) is 49.9 Å². The Morgan fingerprint density at radius 3 is 2.36 bits per heavy atom. The Morgan fingerprint density at radius 1 is 1.12 bits per heavy atom. The van der Waals surface area contributed by atoms with Crippen molar-refractivity contribution in [1.29, 1.82) is 0 Å². The summed E-state index contributed by atoms with van der Waals surface area (Å²) in [5, 5.41) is 2.96. The maximum absolute atomic E-state index is 12.4. The molecule has 2 rings (SSSR count). The van der Waals surface area contributed by atoms with Gasteiger partial charge in [0.05, 0.1) is 7.11 Å². The van der Waals surface area contributed by atoms with Crippen molar-refractivity contribution in [2.75, 3.05) is 33.3 Å². The molecule has 0 saturated carbocycles. The number of nitrogens with one attached hydrogen (secondary N) is 1. The summed E-state index contributed by atoms with van der Waals surface area (Å²) in [6.07, 6.45) is 1.17. The van der Waals surface area contributed by atoms with Crippen molar-refractivity contribution in [3.05, 3.63) is 29.8 Å². The Balaban J connectivity index is 1.78. The lowest BCUT2D eigenvalue weighted by atomic mass is 10.1. The number of benzene rings is 1. The van der Waals surface area contributed by atoms with Crippen LogP contribution in [-0.2, 0) is 11.2 Å². The van der Waals surface area contributed by atoms with Crippen LogP contribution < -0.4 is 10.1 Å². The van der Waals surface area contributed by atoms with Gasteiger partial charge in [0.15, 0.2) is 0 Å². The lowest BCUT2D eigenvalue weighted by Gasteiger charge is -2.36. The second kappa shape index (κ2) is 8.23. The molecule has 138 valence electrons. The van der Waals surface area contributed by atoms with Gasteiger partial charge >= 0.3 is 6.03 Å². The number of hydrogen-bond donors (Lipinski definition) is 1. The number of urea groups is 1. The van der Waals surface area contributed by atoms with Gasteiger partial charge in [0, 0.05) is 38.1 Å². The Labute approximate surface area is 150 Å². The van der Waals surface area contributed by atoms with Crippen molar-refractivity contribution in [2.24, 2.45) is 0 Å². The first-order chi connectivity index (χ1) is 11.8. The van der Waals surface area contributed by atoms with Gasteiger partial charge in [0.2, 0.25) is 5.91 Å². The molecule has 0 aliphatic carbocycles. The molecular weight excluding hydrogens is 318 g/mol. The monoisotopic (exact) mass is 347 g/mol. The molecule has 0 radical (unpaired) electrons. The normalized spacial score (nSPS) is 15.0. The van der Waals surface area contributed by atoms with Crippen LogP contribution in [0.1, 0.15) is 32.8 Å². The van der Waals surface area contributed by atoms with Crippen molar-refractivity contribution in [1.82, 2.24) is 15.1 Å². The van der Waals surface area contributed by atoms with Crippen LogP contribution in [-0.4, -0.2) is 60.6 Å². The fraction of sp³-hybridized carbons (Fsp3) is 0.579. The standard InChI is InChI=1S/C19H29N3O3/c1-19(2,3)20-18(24)22-12-10-21(11-13-22)17(23)9-8-15-6-5-7-16(14-15)25-4/h5-7,14H,8-13H2,1-4H3,(H,20,24). The fourth-order valence-corrected chi connectivity index (χ4v) is 2.80. The number of ether oxygens (including phenoxy) is 1. The number of hydrogen-bond acceptors (Lipinski definition) is 3. The van der Waals surface area contributed by atoms with Crippen LogP contribution in [0, 0.1) is 0 Å². The Bertz CT molecular complexity index is 602.